The van der Waals surface area contributed by atoms with Gasteiger partial charge in [0.05, 0.1) is 20.6 Å². The van der Waals surface area contributed by atoms with Crippen molar-refractivity contribution in [2.24, 2.45) is 0 Å². The zero-order valence-electron chi connectivity index (χ0n) is 13.6. The molecule has 1 atom stereocenters. The van der Waals surface area contributed by atoms with Crippen LogP contribution in [0.15, 0.2) is 66.2 Å². The summed E-state index contributed by atoms with van der Waals surface area (Å²) in [6, 6.07) is 22.2. The van der Waals surface area contributed by atoms with E-state index in [9.17, 15) is 0 Å². The van der Waals surface area contributed by atoms with Crippen molar-refractivity contribution in [3.8, 4) is 0 Å². The number of quaternary nitrogens is 1. The molecule has 0 saturated carbocycles. The molecule has 1 saturated heterocycles. The topological polar surface area (TPSA) is 0 Å². The zero-order chi connectivity index (χ0) is 14.9. The molecule has 0 radical (unpaired) electrons. The number of benzene rings is 2. The van der Waals surface area contributed by atoms with Crippen LogP contribution in [0.3, 0.4) is 0 Å². The Morgan fingerprint density at radius 1 is 0.864 bits per heavy atom. The van der Waals surface area contributed by atoms with Crippen molar-refractivity contribution < 1.29 is 21.5 Å². The van der Waals surface area contributed by atoms with E-state index in [0.29, 0.717) is 6.04 Å². The molecule has 0 aliphatic carbocycles. The van der Waals surface area contributed by atoms with E-state index in [1.807, 2.05) is 0 Å². The van der Waals surface area contributed by atoms with E-state index < -0.39 is 0 Å². The normalized spacial score (nSPS) is 19.6. The number of halogens is 1. The minimum atomic E-state index is 0. The second-order valence-corrected chi connectivity index (χ2v) is 6.56. The predicted molar refractivity (Wildman–Crippen MR) is 90.0 cm³/mol. The summed E-state index contributed by atoms with van der Waals surface area (Å²) in [5.74, 6) is 0. The van der Waals surface area contributed by atoms with Gasteiger partial charge in [-0.1, -0.05) is 60.7 Å². The maximum Gasteiger partial charge on any atom is 0.108 e. The molecule has 0 bridgehead atoms. The third-order valence-electron chi connectivity index (χ3n) is 4.96. The third kappa shape index (κ3) is 3.18. The van der Waals surface area contributed by atoms with Crippen LogP contribution in [0.2, 0.25) is 0 Å². The predicted octanol–water partition coefficient (Wildman–Crippen LogP) is 1.36. The van der Waals surface area contributed by atoms with E-state index in [2.05, 4.69) is 81.7 Å². The Morgan fingerprint density at radius 2 is 1.32 bits per heavy atom. The summed E-state index contributed by atoms with van der Waals surface area (Å²) in [4.78, 5) is 0. The average Bonchev–Trinajstić information content (AvgIpc) is 2.77. The minimum Gasteiger partial charge on any atom is -1.00 e. The van der Waals surface area contributed by atoms with Crippen LogP contribution in [-0.4, -0.2) is 31.2 Å². The fourth-order valence-corrected chi connectivity index (χ4v) is 3.31. The second-order valence-electron chi connectivity index (χ2n) is 6.56. The minimum absolute atomic E-state index is 0. The van der Waals surface area contributed by atoms with E-state index in [-0.39, 0.29) is 17.0 Å². The van der Waals surface area contributed by atoms with Gasteiger partial charge in [0.1, 0.15) is 6.04 Å². The number of nitrogens with zero attached hydrogens (tertiary/aromatic N) is 1. The van der Waals surface area contributed by atoms with Crippen LogP contribution in [0.25, 0.3) is 5.57 Å². The van der Waals surface area contributed by atoms with Crippen molar-refractivity contribution in [3.05, 3.63) is 77.4 Å². The molecule has 0 amide bonds. The monoisotopic (exact) mass is 357 g/mol. The van der Waals surface area contributed by atoms with Gasteiger partial charge in [-0.3, -0.25) is 0 Å². The van der Waals surface area contributed by atoms with Gasteiger partial charge in [-0.15, -0.1) is 0 Å². The molecular weight excluding hydrogens is 334 g/mol. The van der Waals surface area contributed by atoms with Gasteiger partial charge in [-0.25, -0.2) is 0 Å². The molecule has 2 heteroatoms. The van der Waals surface area contributed by atoms with Gasteiger partial charge < -0.3 is 21.5 Å². The molecular formula is C20H24BrN. The van der Waals surface area contributed by atoms with Crippen molar-refractivity contribution in [2.45, 2.75) is 19.4 Å². The highest BCUT2D eigenvalue weighted by Crippen LogP contribution is 2.37. The van der Waals surface area contributed by atoms with Crippen molar-refractivity contribution >= 4 is 5.57 Å². The van der Waals surface area contributed by atoms with Crippen LogP contribution >= 0.6 is 0 Å². The Kier molecular flexibility index (Phi) is 5.25. The van der Waals surface area contributed by atoms with Crippen molar-refractivity contribution in [1.29, 1.82) is 0 Å². The first kappa shape index (κ1) is 17.0. The standard InChI is InChI=1S/C20H24N.BrH/c1-16-19(14-15-21(16,2)3)20(17-10-6-4-7-11-17)18-12-8-5-9-13-18;/h4-13,16H,14-15H2,1-3H3;1H/q+1;/p-1. The fraction of sp³-hybridized carbons (Fsp3) is 0.300. The number of likely N-dealkylation sites (tertiary alicyclic amines) is 1. The highest BCUT2D eigenvalue weighted by molar-refractivity contribution is 5.82. The molecule has 22 heavy (non-hydrogen) atoms. The van der Waals surface area contributed by atoms with Crippen molar-refractivity contribution in [1.82, 2.24) is 0 Å². The van der Waals surface area contributed by atoms with Gasteiger partial charge in [-0.05, 0) is 23.6 Å². The van der Waals surface area contributed by atoms with Crippen LogP contribution < -0.4 is 17.0 Å². The van der Waals surface area contributed by atoms with E-state index in [1.54, 1.807) is 5.57 Å². The smallest absolute Gasteiger partial charge is 0.108 e. The van der Waals surface area contributed by atoms with Crippen molar-refractivity contribution in [3.63, 3.8) is 0 Å². The molecule has 116 valence electrons. The fourth-order valence-electron chi connectivity index (χ4n) is 3.31. The highest BCUT2D eigenvalue weighted by atomic mass is 79.9. The molecule has 3 rings (SSSR count). The van der Waals surface area contributed by atoms with Crippen LogP contribution in [-0.2, 0) is 0 Å². The van der Waals surface area contributed by atoms with E-state index in [0.717, 1.165) is 4.48 Å². The van der Waals surface area contributed by atoms with Gasteiger partial charge in [0.25, 0.3) is 0 Å². The van der Waals surface area contributed by atoms with Gasteiger partial charge in [0, 0.05) is 12.0 Å². The Labute approximate surface area is 144 Å². The molecule has 1 aliphatic rings. The molecule has 1 fully saturated rings. The third-order valence-corrected chi connectivity index (χ3v) is 4.96. The molecule has 2 aromatic carbocycles. The molecule has 1 unspecified atom stereocenters. The van der Waals surface area contributed by atoms with Gasteiger partial charge in [-0.2, -0.15) is 0 Å². The lowest BCUT2D eigenvalue weighted by molar-refractivity contribution is -0.897. The average molecular weight is 358 g/mol. The molecule has 0 aromatic heterocycles. The Balaban J connectivity index is 0.00000176. The summed E-state index contributed by atoms with van der Waals surface area (Å²) in [5.41, 5.74) is 5.71. The number of likely N-dealkylation sites (N-methyl/N-ethyl adjacent to an activating group) is 1. The van der Waals surface area contributed by atoms with Gasteiger partial charge in [0.2, 0.25) is 0 Å². The van der Waals surface area contributed by atoms with Crippen molar-refractivity contribution in [2.75, 3.05) is 20.6 Å². The molecule has 1 heterocycles. The second kappa shape index (κ2) is 6.80. The van der Waals surface area contributed by atoms with E-state index in [1.165, 1.54) is 29.7 Å². The lowest BCUT2D eigenvalue weighted by atomic mass is 9.90. The number of rotatable bonds is 2. The van der Waals surface area contributed by atoms with Gasteiger partial charge in [0.15, 0.2) is 0 Å². The van der Waals surface area contributed by atoms with Crippen LogP contribution in [0.1, 0.15) is 24.5 Å². The summed E-state index contributed by atoms with van der Waals surface area (Å²) in [7, 11) is 4.68. The van der Waals surface area contributed by atoms with Crippen LogP contribution in [0, 0.1) is 0 Å². The summed E-state index contributed by atoms with van der Waals surface area (Å²) in [5, 5.41) is 0. The largest absolute Gasteiger partial charge is 1.00 e. The molecule has 1 aliphatic heterocycles. The highest BCUT2D eigenvalue weighted by Gasteiger charge is 2.36. The Bertz CT molecular complexity index is 602. The molecule has 0 spiro atoms. The maximum absolute atomic E-state index is 2.37. The molecule has 0 N–H and O–H groups in total. The van der Waals surface area contributed by atoms with Gasteiger partial charge >= 0.3 is 0 Å². The lowest BCUT2D eigenvalue weighted by Crippen LogP contribution is -3.00. The lowest BCUT2D eigenvalue weighted by Gasteiger charge is -2.30. The first-order valence-electron chi connectivity index (χ1n) is 7.76. The Morgan fingerprint density at radius 3 is 1.68 bits per heavy atom. The first-order chi connectivity index (χ1) is 10.1. The first-order valence-corrected chi connectivity index (χ1v) is 7.76. The summed E-state index contributed by atoms with van der Waals surface area (Å²) in [6.07, 6.45) is 1.19. The molecule has 1 nitrogen and oxygen atoms in total. The molecule has 2 aromatic rings. The summed E-state index contributed by atoms with van der Waals surface area (Å²) < 4.78 is 1.08. The zero-order valence-corrected chi connectivity index (χ0v) is 15.2. The summed E-state index contributed by atoms with van der Waals surface area (Å²) >= 11 is 0. The number of hydrogen-bond donors (Lipinski definition) is 0. The van der Waals surface area contributed by atoms with E-state index in [4.69, 9.17) is 0 Å². The summed E-state index contributed by atoms with van der Waals surface area (Å²) in [6.45, 7) is 3.59. The van der Waals surface area contributed by atoms with Crippen LogP contribution in [0.5, 0.6) is 0 Å². The number of hydrogen-bond acceptors (Lipinski definition) is 0. The SMILES string of the molecule is CC1C(=C(c2ccccc2)c2ccccc2)CC[N+]1(C)C.[Br-]. The maximum atomic E-state index is 2.37. The van der Waals surface area contributed by atoms with E-state index >= 15 is 0 Å². The Hall–Kier alpha value is -1.38. The van der Waals surface area contributed by atoms with Crippen LogP contribution in [0.4, 0.5) is 0 Å². The quantitative estimate of drug-likeness (QED) is 0.712.